The van der Waals surface area contributed by atoms with Crippen LogP contribution in [0, 0.1) is 0 Å². The zero-order valence-electron chi connectivity index (χ0n) is 9.92. The Morgan fingerprint density at radius 2 is 2.13 bits per heavy atom. The standard InChI is InChI=1S/C11H21N3O/c1-4-7-12-9(5-2)8-11-13-10(6-3)14-15-11/h9,12H,4-8H2,1-3H3. The van der Waals surface area contributed by atoms with Crippen molar-refractivity contribution in [2.75, 3.05) is 6.54 Å². The van der Waals surface area contributed by atoms with Gasteiger partial charge in [0.2, 0.25) is 5.89 Å². The molecule has 0 fully saturated rings. The van der Waals surface area contributed by atoms with Gasteiger partial charge >= 0.3 is 0 Å². The van der Waals surface area contributed by atoms with Gasteiger partial charge in [-0.25, -0.2) is 0 Å². The minimum Gasteiger partial charge on any atom is -0.339 e. The van der Waals surface area contributed by atoms with Gasteiger partial charge in [0, 0.05) is 18.9 Å². The quantitative estimate of drug-likeness (QED) is 0.749. The Labute approximate surface area is 91.5 Å². The van der Waals surface area contributed by atoms with E-state index >= 15 is 0 Å². The second-order valence-corrected chi connectivity index (χ2v) is 3.72. The average molecular weight is 211 g/mol. The summed E-state index contributed by atoms with van der Waals surface area (Å²) in [6, 6.07) is 0.454. The van der Waals surface area contributed by atoms with Crippen LogP contribution in [0.2, 0.25) is 0 Å². The van der Waals surface area contributed by atoms with Gasteiger partial charge in [0.15, 0.2) is 5.82 Å². The van der Waals surface area contributed by atoms with Crippen molar-refractivity contribution >= 4 is 0 Å². The molecular weight excluding hydrogens is 190 g/mol. The third-order valence-electron chi connectivity index (χ3n) is 2.42. The van der Waals surface area contributed by atoms with Crippen LogP contribution in [0.4, 0.5) is 0 Å². The van der Waals surface area contributed by atoms with Gasteiger partial charge in [-0.15, -0.1) is 0 Å². The van der Waals surface area contributed by atoms with Crippen LogP contribution in [0.5, 0.6) is 0 Å². The molecule has 0 radical (unpaired) electrons. The molecule has 1 N–H and O–H groups in total. The molecule has 0 saturated heterocycles. The number of aryl methyl sites for hydroxylation is 1. The van der Waals surface area contributed by atoms with E-state index in [-0.39, 0.29) is 0 Å². The van der Waals surface area contributed by atoms with Gasteiger partial charge in [-0.05, 0) is 19.4 Å². The molecule has 0 amide bonds. The Hall–Kier alpha value is -0.900. The van der Waals surface area contributed by atoms with Gasteiger partial charge in [-0.2, -0.15) is 4.98 Å². The van der Waals surface area contributed by atoms with Crippen molar-refractivity contribution < 1.29 is 4.52 Å². The minimum absolute atomic E-state index is 0.454. The maximum Gasteiger partial charge on any atom is 0.228 e. The molecule has 4 heteroatoms. The van der Waals surface area contributed by atoms with E-state index in [0.717, 1.165) is 43.9 Å². The maximum atomic E-state index is 5.17. The Kier molecular flexibility index (Phi) is 5.32. The molecule has 0 aliphatic rings. The van der Waals surface area contributed by atoms with Crippen molar-refractivity contribution in [3.8, 4) is 0 Å². The number of aromatic nitrogens is 2. The van der Waals surface area contributed by atoms with E-state index < -0.39 is 0 Å². The molecule has 1 atom stereocenters. The maximum absolute atomic E-state index is 5.17. The molecular formula is C11H21N3O. The fourth-order valence-corrected chi connectivity index (χ4v) is 1.44. The van der Waals surface area contributed by atoms with E-state index in [1.807, 2.05) is 6.92 Å². The SMILES string of the molecule is CCCNC(CC)Cc1nc(CC)no1. The van der Waals surface area contributed by atoms with E-state index in [1.54, 1.807) is 0 Å². The molecule has 86 valence electrons. The van der Waals surface area contributed by atoms with Crippen LogP contribution in [-0.4, -0.2) is 22.7 Å². The van der Waals surface area contributed by atoms with Gasteiger partial charge in [-0.3, -0.25) is 0 Å². The molecule has 0 saturated carbocycles. The molecule has 0 spiro atoms. The Morgan fingerprint density at radius 3 is 2.67 bits per heavy atom. The van der Waals surface area contributed by atoms with E-state index in [4.69, 9.17) is 4.52 Å². The van der Waals surface area contributed by atoms with Crippen molar-refractivity contribution in [3.63, 3.8) is 0 Å². The first kappa shape index (κ1) is 12.2. The van der Waals surface area contributed by atoms with Crippen molar-refractivity contribution in [2.24, 2.45) is 0 Å². The average Bonchev–Trinajstić information content (AvgIpc) is 2.71. The normalized spacial score (nSPS) is 13.0. The summed E-state index contributed by atoms with van der Waals surface area (Å²) in [6.07, 6.45) is 3.91. The van der Waals surface area contributed by atoms with Crippen LogP contribution in [0.1, 0.15) is 45.3 Å². The third kappa shape index (κ3) is 4.00. The number of hydrogen-bond donors (Lipinski definition) is 1. The Morgan fingerprint density at radius 1 is 1.33 bits per heavy atom. The number of nitrogens with zero attached hydrogens (tertiary/aromatic N) is 2. The van der Waals surface area contributed by atoms with Crippen molar-refractivity contribution in [1.29, 1.82) is 0 Å². The highest BCUT2D eigenvalue weighted by Crippen LogP contribution is 2.04. The van der Waals surface area contributed by atoms with Crippen LogP contribution >= 0.6 is 0 Å². The fourth-order valence-electron chi connectivity index (χ4n) is 1.44. The lowest BCUT2D eigenvalue weighted by Crippen LogP contribution is -2.31. The van der Waals surface area contributed by atoms with Crippen LogP contribution < -0.4 is 5.32 Å². The van der Waals surface area contributed by atoms with Gasteiger partial charge in [-0.1, -0.05) is 25.9 Å². The molecule has 15 heavy (non-hydrogen) atoms. The van der Waals surface area contributed by atoms with E-state index in [9.17, 15) is 0 Å². The molecule has 0 aliphatic carbocycles. The molecule has 0 bridgehead atoms. The molecule has 1 unspecified atom stereocenters. The highest BCUT2D eigenvalue weighted by atomic mass is 16.5. The smallest absolute Gasteiger partial charge is 0.228 e. The third-order valence-corrected chi connectivity index (χ3v) is 2.42. The monoisotopic (exact) mass is 211 g/mol. The minimum atomic E-state index is 0.454. The first-order chi connectivity index (χ1) is 7.30. The van der Waals surface area contributed by atoms with E-state index in [1.165, 1.54) is 0 Å². The summed E-state index contributed by atoms with van der Waals surface area (Å²) in [5.74, 6) is 1.55. The summed E-state index contributed by atoms with van der Waals surface area (Å²) < 4.78 is 5.17. The molecule has 0 aromatic carbocycles. The van der Waals surface area contributed by atoms with Crippen molar-refractivity contribution in [1.82, 2.24) is 15.5 Å². The molecule has 0 aliphatic heterocycles. The summed E-state index contributed by atoms with van der Waals surface area (Å²) >= 11 is 0. The van der Waals surface area contributed by atoms with Crippen LogP contribution in [-0.2, 0) is 12.8 Å². The second kappa shape index (κ2) is 6.56. The predicted octanol–water partition coefficient (Wildman–Crippen LogP) is 1.95. The second-order valence-electron chi connectivity index (χ2n) is 3.72. The highest BCUT2D eigenvalue weighted by molar-refractivity contribution is 4.88. The fraction of sp³-hybridized carbons (Fsp3) is 0.818. The summed E-state index contributed by atoms with van der Waals surface area (Å²) in [6.45, 7) is 7.42. The lowest BCUT2D eigenvalue weighted by molar-refractivity contribution is 0.350. The lowest BCUT2D eigenvalue weighted by atomic mass is 10.1. The van der Waals surface area contributed by atoms with Gasteiger partial charge in [0.05, 0.1) is 0 Å². The topological polar surface area (TPSA) is 51.0 Å². The molecule has 1 aromatic rings. The highest BCUT2D eigenvalue weighted by Gasteiger charge is 2.11. The summed E-state index contributed by atoms with van der Waals surface area (Å²) in [4.78, 5) is 4.31. The molecule has 1 rings (SSSR count). The first-order valence-electron chi connectivity index (χ1n) is 5.84. The zero-order chi connectivity index (χ0) is 11.1. The molecule has 1 heterocycles. The summed E-state index contributed by atoms with van der Waals surface area (Å²) in [5, 5.41) is 7.36. The summed E-state index contributed by atoms with van der Waals surface area (Å²) in [5.41, 5.74) is 0. The molecule has 1 aromatic heterocycles. The van der Waals surface area contributed by atoms with Crippen LogP contribution in [0.15, 0.2) is 4.52 Å². The Bertz CT molecular complexity index is 273. The van der Waals surface area contributed by atoms with E-state index in [0.29, 0.717) is 6.04 Å². The van der Waals surface area contributed by atoms with Crippen molar-refractivity contribution in [2.45, 2.75) is 52.5 Å². The van der Waals surface area contributed by atoms with Gasteiger partial charge in [0.1, 0.15) is 0 Å². The Balaban J connectivity index is 2.43. The predicted molar refractivity (Wildman–Crippen MR) is 59.8 cm³/mol. The number of hydrogen-bond acceptors (Lipinski definition) is 4. The van der Waals surface area contributed by atoms with Gasteiger partial charge < -0.3 is 9.84 Å². The molecule has 4 nitrogen and oxygen atoms in total. The van der Waals surface area contributed by atoms with Crippen LogP contribution in [0.3, 0.4) is 0 Å². The summed E-state index contributed by atoms with van der Waals surface area (Å²) in [7, 11) is 0. The van der Waals surface area contributed by atoms with Crippen LogP contribution in [0.25, 0.3) is 0 Å². The number of nitrogens with one attached hydrogen (secondary N) is 1. The zero-order valence-corrected chi connectivity index (χ0v) is 9.92. The lowest BCUT2D eigenvalue weighted by Gasteiger charge is -2.13. The number of rotatable bonds is 7. The largest absolute Gasteiger partial charge is 0.339 e. The van der Waals surface area contributed by atoms with E-state index in [2.05, 4.69) is 29.3 Å². The van der Waals surface area contributed by atoms with Crippen molar-refractivity contribution in [3.05, 3.63) is 11.7 Å². The van der Waals surface area contributed by atoms with Gasteiger partial charge in [0.25, 0.3) is 0 Å². The first-order valence-corrected chi connectivity index (χ1v) is 5.84.